The van der Waals surface area contributed by atoms with Crippen molar-refractivity contribution in [3.63, 3.8) is 0 Å². The minimum absolute atomic E-state index is 0.140. The van der Waals surface area contributed by atoms with Gasteiger partial charge in [-0.1, -0.05) is 60.7 Å². The summed E-state index contributed by atoms with van der Waals surface area (Å²) >= 11 is 0. The Morgan fingerprint density at radius 1 is 0.903 bits per heavy atom. The molecule has 1 heterocycles. The summed E-state index contributed by atoms with van der Waals surface area (Å²) in [6.07, 6.45) is 4.10. The Morgan fingerprint density at radius 2 is 1.45 bits per heavy atom. The number of carbonyl (C=O) groups is 1. The molecule has 0 radical (unpaired) electrons. The van der Waals surface area contributed by atoms with E-state index in [4.69, 9.17) is 4.74 Å². The lowest BCUT2D eigenvalue weighted by Gasteiger charge is -2.18. The molecule has 0 fully saturated rings. The lowest BCUT2D eigenvalue weighted by molar-refractivity contribution is -0.148. The first-order valence-electron chi connectivity index (χ1n) is 10.1. The molecule has 6 nitrogen and oxygen atoms in total. The highest BCUT2D eigenvalue weighted by atomic mass is 16.6. The number of hydrogen-bond acceptors (Lipinski definition) is 4. The van der Waals surface area contributed by atoms with E-state index in [0.29, 0.717) is 6.54 Å². The fourth-order valence-electron chi connectivity index (χ4n) is 3.08. The molecule has 0 saturated heterocycles. The largest absolute Gasteiger partial charge is 0.457 e. The van der Waals surface area contributed by atoms with E-state index in [1.807, 2.05) is 60.7 Å². The van der Waals surface area contributed by atoms with Crippen LogP contribution in [-0.2, 0) is 22.6 Å². The number of benzene rings is 2. The van der Waals surface area contributed by atoms with Gasteiger partial charge in [0.15, 0.2) is 0 Å². The quantitative estimate of drug-likeness (QED) is 0.454. The average Bonchev–Trinajstić information content (AvgIpc) is 2.72. The van der Waals surface area contributed by atoms with Gasteiger partial charge in [-0.25, -0.2) is 9.59 Å². The molecule has 160 valence electrons. The molecule has 31 heavy (non-hydrogen) atoms. The molecule has 0 aliphatic carbocycles. The number of nitrogens with zero attached hydrogens (tertiary/aromatic N) is 2. The van der Waals surface area contributed by atoms with Crippen LogP contribution in [0.2, 0.25) is 0 Å². The second kappa shape index (κ2) is 9.43. The van der Waals surface area contributed by atoms with Crippen LogP contribution >= 0.6 is 0 Å². The third kappa shape index (κ3) is 6.15. The molecule has 0 saturated carbocycles. The van der Waals surface area contributed by atoms with E-state index in [2.05, 4.69) is 0 Å². The van der Waals surface area contributed by atoms with Crippen LogP contribution in [0.25, 0.3) is 6.08 Å². The molecule has 0 N–H and O–H groups in total. The van der Waals surface area contributed by atoms with E-state index >= 15 is 0 Å². The highest BCUT2D eigenvalue weighted by Gasteiger charge is 2.15. The van der Waals surface area contributed by atoms with Crippen molar-refractivity contribution in [1.29, 1.82) is 0 Å². The van der Waals surface area contributed by atoms with Gasteiger partial charge < -0.3 is 4.74 Å². The number of aromatic nitrogens is 2. The Kier molecular flexibility index (Phi) is 6.70. The Hall–Kier alpha value is -3.67. The van der Waals surface area contributed by atoms with Gasteiger partial charge in [-0.3, -0.25) is 13.9 Å². The summed E-state index contributed by atoms with van der Waals surface area (Å²) in [6, 6.07) is 18.8. The monoisotopic (exact) mass is 418 g/mol. The molecule has 0 unspecified atom stereocenters. The van der Waals surface area contributed by atoms with E-state index in [1.165, 1.54) is 27.5 Å². The zero-order chi connectivity index (χ0) is 22.4. The van der Waals surface area contributed by atoms with Crippen LogP contribution in [-0.4, -0.2) is 20.7 Å². The minimum Gasteiger partial charge on any atom is -0.457 e. The van der Waals surface area contributed by atoms with Crippen LogP contribution < -0.4 is 11.2 Å². The van der Waals surface area contributed by atoms with Gasteiger partial charge in [0.1, 0.15) is 5.60 Å². The van der Waals surface area contributed by atoms with Gasteiger partial charge in [0.25, 0.3) is 5.56 Å². The van der Waals surface area contributed by atoms with Gasteiger partial charge in [0.2, 0.25) is 0 Å². The maximum atomic E-state index is 13.1. The molecular weight excluding hydrogens is 392 g/mol. The SMILES string of the molecule is CC(C)(C)OC(=O)/C=C/c1cn(Cc2ccccc2)c(=O)n(Cc2ccccc2)c1=O. The van der Waals surface area contributed by atoms with Gasteiger partial charge in [0.05, 0.1) is 18.7 Å². The van der Waals surface area contributed by atoms with Crippen molar-refractivity contribution in [3.8, 4) is 0 Å². The lowest BCUT2D eigenvalue weighted by Crippen LogP contribution is -2.41. The molecule has 0 bridgehead atoms. The highest BCUT2D eigenvalue weighted by Crippen LogP contribution is 2.08. The lowest BCUT2D eigenvalue weighted by atomic mass is 10.2. The van der Waals surface area contributed by atoms with Crippen LogP contribution in [0.1, 0.15) is 37.5 Å². The first-order valence-corrected chi connectivity index (χ1v) is 10.1. The van der Waals surface area contributed by atoms with Crippen LogP contribution in [0.15, 0.2) is 82.5 Å². The fourth-order valence-corrected chi connectivity index (χ4v) is 3.08. The van der Waals surface area contributed by atoms with E-state index in [1.54, 1.807) is 20.8 Å². The second-order valence-corrected chi connectivity index (χ2v) is 8.22. The van der Waals surface area contributed by atoms with Crippen LogP contribution in [0.3, 0.4) is 0 Å². The first-order chi connectivity index (χ1) is 14.7. The molecule has 3 rings (SSSR count). The van der Waals surface area contributed by atoms with Gasteiger partial charge in [-0.15, -0.1) is 0 Å². The number of esters is 1. The van der Waals surface area contributed by atoms with Crippen molar-refractivity contribution >= 4 is 12.0 Å². The molecule has 1 aromatic heterocycles. The summed E-state index contributed by atoms with van der Waals surface area (Å²) < 4.78 is 7.94. The molecule has 0 atom stereocenters. The third-order valence-electron chi connectivity index (χ3n) is 4.45. The maximum absolute atomic E-state index is 13.1. The van der Waals surface area contributed by atoms with E-state index in [-0.39, 0.29) is 12.1 Å². The zero-order valence-electron chi connectivity index (χ0n) is 17.9. The number of rotatable bonds is 6. The van der Waals surface area contributed by atoms with Crippen molar-refractivity contribution in [2.24, 2.45) is 0 Å². The fraction of sp³-hybridized carbons (Fsp3) is 0.240. The molecule has 3 aromatic rings. The average molecular weight is 418 g/mol. The van der Waals surface area contributed by atoms with Crippen LogP contribution in [0.5, 0.6) is 0 Å². The topological polar surface area (TPSA) is 70.3 Å². The van der Waals surface area contributed by atoms with Crippen molar-refractivity contribution in [2.45, 2.75) is 39.5 Å². The Bertz CT molecular complexity index is 1180. The normalized spacial score (nSPS) is 11.6. The van der Waals surface area contributed by atoms with Crippen molar-refractivity contribution < 1.29 is 9.53 Å². The smallest absolute Gasteiger partial charge is 0.331 e. The number of hydrogen-bond donors (Lipinski definition) is 0. The maximum Gasteiger partial charge on any atom is 0.331 e. The molecule has 0 amide bonds. The first kappa shape index (κ1) is 22.0. The molecular formula is C25H26N2O4. The molecule has 2 aromatic carbocycles. The third-order valence-corrected chi connectivity index (χ3v) is 4.45. The van der Waals surface area contributed by atoms with Crippen LogP contribution in [0.4, 0.5) is 0 Å². The van der Waals surface area contributed by atoms with Crippen molar-refractivity contribution in [1.82, 2.24) is 9.13 Å². The standard InChI is InChI=1S/C25H26N2O4/c1-25(2,3)31-22(28)15-14-21-18-26(16-19-10-6-4-7-11-19)24(30)27(23(21)29)17-20-12-8-5-9-13-20/h4-15,18H,16-17H2,1-3H3/b15-14+. The predicted octanol–water partition coefficient (Wildman–Crippen LogP) is 3.46. The number of carbonyl (C=O) groups excluding carboxylic acids is 1. The van der Waals surface area contributed by atoms with Crippen molar-refractivity contribution in [2.75, 3.05) is 0 Å². The predicted molar refractivity (Wildman–Crippen MR) is 121 cm³/mol. The summed E-state index contributed by atoms with van der Waals surface area (Å²) in [7, 11) is 0. The van der Waals surface area contributed by atoms with E-state index < -0.39 is 22.8 Å². The zero-order valence-corrected chi connectivity index (χ0v) is 17.9. The van der Waals surface area contributed by atoms with Crippen molar-refractivity contribution in [3.05, 3.63) is 110 Å². The van der Waals surface area contributed by atoms with E-state index in [9.17, 15) is 14.4 Å². The molecule has 0 aliphatic heterocycles. The summed E-state index contributed by atoms with van der Waals surface area (Å²) in [5.74, 6) is -0.553. The number of ether oxygens (including phenoxy) is 1. The van der Waals surface area contributed by atoms with Gasteiger partial charge in [0, 0.05) is 12.3 Å². The summed E-state index contributed by atoms with van der Waals surface area (Å²) in [5, 5.41) is 0. The van der Waals surface area contributed by atoms with Crippen LogP contribution in [0, 0.1) is 0 Å². The molecule has 6 heteroatoms. The van der Waals surface area contributed by atoms with Gasteiger partial charge in [-0.2, -0.15) is 0 Å². The van der Waals surface area contributed by atoms with Gasteiger partial charge >= 0.3 is 11.7 Å². The summed E-state index contributed by atoms with van der Waals surface area (Å²) in [5.41, 5.74) is 0.487. The Morgan fingerprint density at radius 3 is 2.00 bits per heavy atom. The summed E-state index contributed by atoms with van der Waals surface area (Å²) in [6.45, 7) is 5.76. The Balaban J connectivity index is 2.03. The van der Waals surface area contributed by atoms with Gasteiger partial charge in [-0.05, 0) is 38.0 Å². The Labute approximate surface area is 181 Å². The molecule has 0 aliphatic rings. The molecule has 0 spiro atoms. The highest BCUT2D eigenvalue weighted by molar-refractivity contribution is 5.87. The van der Waals surface area contributed by atoms with E-state index in [0.717, 1.165) is 11.1 Å². The summed E-state index contributed by atoms with van der Waals surface area (Å²) in [4.78, 5) is 38.2. The second-order valence-electron chi connectivity index (χ2n) is 8.22. The minimum atomic E-state index is -0.638.